The molecular weight excluding hydrogens is 276 g/mol. The van der Waals surface area contributed by atoms with Crippen molar-refractivity contribution in [3.63, 3.8) is 0 Å². The Bertz CT molecular complexity index is 391. The highest BCUT2D eigenvalue weighted by Gasteiger charge is 2.28. The van der Waals surface area contributed by atoms with E-state index in [4.69, 9.17) is 4.74 Å². The fourth-order valence-electron chi connectivity index (χ4n) is 3.18. The van der Waals surface area contributed by atoms with Gasteiger partial charge in [0.1, 0.15) is 0 Å². The molecule has 1 aliphatic carbocycles. The molecule has 2 N–H and O–H groups in total. The number of hydrogen-bond acceptors (Lipinski definition) is 4. The summed E-state index contributed by atoms with van der Waals surface area (Å²) < 4.78 is 31.6. The monoisotopic (exact) mass is 304 g/mol. The Balaban J connectivity index is 1.80. The van der Waals surface area contributed by atoms with Gasteiger partial charge in [0.05, 0.1) is 19.0 Å². The standard InChI is InChI=1S/C14H28N2O3S/c1-11-5-7-12(8-6-11)19-10-14-13(4-3-9-15-14)16-20(2,17)18/h11-16H,3-10H2,1-2H3/t11-,12+,13-,14-/m1/s1. The van der Waals surface area contributed by atoms with Gasteiger partial charge in [0.25, 0.3) is 0 Å². The van der Waals surface area contributed by atoms with Crippen molar-refractivity contribution in [1.29, 1.82) is 0 Å². The van der Waals surface area contributed by atoms with E-state index in [9.17, 15) is 8.42 Å². The molecule has 0 unspecified atom stereocenters. The fraction of sp³-hybridized carbons (Fsp3) is 1.00. The average molecular weight is 304 g/mol. The van der Waals surface area contributed by atoms with Crippen LogP contribution in [-0.4, -0.2) is 46.0 Å². The molecule has 2 rings (SSSR count). The van der Waals surface area contributed by atoms with Gasteiger partial charge in [-0.15, -0.1) is 0 Å². The summed E-state index contributed by atoms with van der Waals surface area (Å²) in [5, 5.41) is 3.39. The Hall–Kier alpha value is -0.170. The summed E-state index contributed by atoms with van der Waals surface area (Å²) in [6.07, 6.45) is 8.23. The van der Waals surface area contributed by atoms with Gasteiger partial charge in [0, 0.05) is 12.1 Å². The number of sulfonamides is 1. The summed E-state index contributed by atoms with van der Waals surface area (Å²) in [7, 11) is -3.15. The fourth-order valence-corrected chi connectivity index (χ4v) is 4.01. The van der Waals surface area contributed by atoms with Crippen molar-refractivity contribution in [2.45, 2.75) is 63.6 Å². The second kappa shape index (κ2) is 7.20. The van der Waals surface area contributed by atoms with Crippen molar-refractivity contribution in [2.24, 2.45) is 5.92 Å². The lowest BCUT2D eigenvalue weighted by atomic mass is 9.89. The van der Waals surface area contributed by atoms with Crippen molar-refractivity contribution in [3.05, 3.63) is 0 Å². The van der Waals surface area contributed by atoms with Crippen LogP contribution in [0.3, 0.4) is 0 Å². The quantitative estimate of drug-likeness (QED) is 0.802. The third-order valence-electron chi connectivity index (χ3n) is 4.42. The molecule has 6 heteroatoms. The Labute approximate surface area is 122 Å². The topological polar surface area (TPSA) is 67.4 Å². The summed E-state index contributed by atoms with van der Waals surface area (Å²) >= 11 is 0. The van der Waals surface area contributed by atoms with Crippen molar-refractivity contribution < 1.29 is 13.2 Å². The molecule has 5 nitrogen and oxygen atoms in total. The van der Waals surface area contributed by atoms with Gasteiger partial charge >= 0.3 is 0 Å². The second-order valence-electron chi connectivity index (χ2n) is 6.41. The zero-order valence-corrected chi connectivity index (χ0v) is 13.4. The highest BCUT2D eigenvalue weighted by molar-refractivity contribution is 7.88. The van der Waals surface area contributed by atoms with Gasteiger partial charge in [-0.1, -0.05) is 6.92 Å². The zero-order chi connectivity index (χ0) is 14.6. The van der Waals surface area contributed by atoms with E-state index in [-0.39, 0.29) is 12.1 Å². The summed E-state index contributed by atoms with van der Waals surface area (Å²) in [6.45, 7) is 3.84. The van der Waals surface area contributed by atoms with E-state index in [1.807, 2.05) is 0 Å². The van der Waals surface area contributed by atoms with Crippen LogP contribution in [0.2, 0.25) is 0 Å². The predicted octanol–water partition coefficient (Wildman–Crippen LogP) is 1.25. The summed E-state index contributed by atoms with van der Waals surface area (Å²) in [5.74, 6) is 0.822. The largest absolute Gasteiger partial charge is 0.377 e. The molecular formula is C14H28N2O3S. The van der Waals surface area contributed by atoms with Gasteiger partial charge in [0.2, 0.25) is 10.0 Å². The van der Waals surface area contributed by atoms with E-state index >= 15 is 0 Å². The van der Waals surface area contributed by atoms with Crippen LogP contribution < -0.4 is 10.0 Å². The molecule has 2 aliphatic rings. The molecule has 0 bridgehead atoms. The van der Waals surface area contributed by atoms with Gasteiger partial charge < -0.3 is 10.1 Å². The molecule has 1 heterocycles. The van der Waals surface area contributed by atoms with Gasteiger partial charge in [-0.25, -0.2) is 13.1 Å². The van der Waals surface area contributed by atoms with Crippen LogP contribution in [0.4, 0.5) is 0 Å². The third-order valence-corrected chi connectivity index (χ3v) is 5.15. The minimum atomic E-state index is -3.15. The minimum absolute atomic E-state index is 0.0405. The number of hydrogen-bond donors (Lipinski definition) is 2. The average Bonchev–Trinajstić information content (AvgIpc) is 2.38. The van der Waals surface area contributed by atoms with E-state index in [2.05, 4.69) is 17.0 Å². The molecule has 20 heavy (non-hydrogen) atoms. The lowest BCUT2D eigenvalue weighted by Gasteiger charge is -2.34. The lowest BCUT2D eigenvalue weighted by Crippen LogP contribution is -2.55. The molecule has 1 saturated heterocycles. The van der Waals surface area contributed by atoms with Gasteiger partial charge in [-0.2, -0.15) is 0 Å². The normalized spacial score (nSPS) is 35.9. The van der Waals surface area contributed by atoms with Crippen LogP contribution in [0.5, 0.6) is 0 Å². The van der Waals surface area contributed by atoms with E-state index < -0.39 is 10.0 Å². The maximum atomic E-state index is 11.4. The first-order valence-corrected chi connectivity index (χ1v) is 9.65. The number of piperidine rings is 1. The Kier molecular flexibility index (Phi) is 5.84. The van der Waals surface area contributed by atoms with E-state index in [0.717, 1.165) is 38.1 Å². The summed E-state index contributed by atoms with van der Waals surface area (Å²) in [6, 6.07) is 0.0547. The van der Waals surface area contributed by atoms with Crippen LogP contribution in [0.15, 0.2) is 0 Å². The molecule has 1 aliphatic heterocycles. The Morgan fingerprint density at radius 1 is 1.20 bits per heavy atom. The second-order valence-corrected chi connectivity index (χ2v) is 8.19. The summed E-state index contributed by atoms with van der Waals surface area (Å²) in [4.78, 5) is 0. The highest BCUT2D eigenvalue weighted by atomic mass is 32.2. The van der Waals surface area contributed by atoms with Crippen molar-refractivity contribution in [1.82, 2.24) is 10.0 Å². The van der Waals surface area contributed by atoms with Gasteiger partial charge in [-0.3, -0.25) is 0 Å². The molecule has 0 aromatic rings. The summed E-state index contributed by atoms with van der Waals surface area (Å²) in [5.41, 5.74) is 0. The zero-order valence-electron chi connectivity index (χ0n) is 12.6. The maximum Gasteiger partial charge on any atom is 0.209 e. The van der Waals surface area contributed by atoms with E-state index in [1.165, 1.54) is 19.1 Å². The van der Waals surface area contributed by atoms with Crippen LogP contribution in [-0.2, 0) is 14.8 Å². The minimum Gasteiger partial charge on any atom is -0.377 e. The molecule has 0 amide bonds. The third kappa shape index (κ3) is 5.31. The predicted molar refractivity (Wildman–Crippen MR) is 80.2 cm³/mol. The first-order valence-electron chi connectivity index (χ1n) is 7.76. The molecule has 0 radical (unpaired) electrons. The van der Waals surface area contributed by atoms with Gasteiger partial charge in [0.15, 0.2) is 0 Å². The first-order chi connectivity index (χ1) is 9.44. The number of rotatable bonds is 5. The van der Waals surface area contributed by atoms with Crippen LogP contribution in [0, 0.1) is 5.92 Å². The molecule has 2 atom stereocenters. The SMILES string of the molecule is CS(=O)(=O)N[C@@H]1CCCN[C@@H]1CO[C@H]1CC[C@@H](C)CC1. The lowest BCUT2D eigenvalue weighted by molar-refractivity contribution is 0.00130. The van der Waals surface area contributed by atoms with Gasteiger partial charge in [-0.05, 0) is 51.0 Å². The molecule has 0 aromatic heterocycles. The first kappa shape index (κ1) is 16.2. The van der Waals surface area contributed by atoms with Crippen molar-refractivity contribution >= 4 is 10.0 Å². The maximum absolute atomic E-state index is 11.4. The van der Waals surface area contributed by atoms with Crippen LogP contribution >= 0.6 is 0 Å². The number of nitrogens with one attached hydrogen (secondary N) is 2. The highest BCUT2D eigenvalue weighted by Crippen LogP contribution is 2.25. The van der Waals surface area contributed by atoms with Crippen LogP contribution in [0.25, 0.3) is 0 Å². The Morgan fingerprint density at radius 3 is 2.55 bits per heavy atom. The smallest absolute Gasteiger partial charge is 0.209 e. The molecule has 0 spiro atoms. The Morgan fingerprint density at radius 2 is 1.90 bits per heavy atom. The van der Waals surface area contributed by atoms with E-state index in [0.29, 0.717) is 12.7 Å². The molecule has 0 aromatic carbocycles. The molecule has 1 saturated carbocycles. The van der Waals surface area contributed by atoms with Crippen molar-refractivity contribution in [3.8, 4) is 0 Å². The van der Waals surface area contributed by atoms with Crippen molar-refractivity contribution in [2.75, 3.05) is 19.4 Å². The van der Waals surface area contributed by atoms with Crippen LogP contribution in [0.1, 0.15) is 45.4 Å². The number of ether oxygens (including phenoxy) is 1. The molecule has 2 fully saturated rings. The van der Waals surface area contributed by atoms with E-state index in [1.54, 1.807) is 0 Å². The molecule has 118 valence electrons.